The molecule has 2 aromatic carbocycles. The zero-order chi connectivity index (χ0) is 25.5. The fraction of sp³-hybridized carbons (Fsp3) is 0.581. The summed E-state index contributed by atoms with van der Waals surface area (Å²) in [5, 5.41) is 8.80. The zero-order valence-electron chi connectivity index (χ0n) is 21.3. The molecule has 0 N–H and O–H groups in total. The maximum atomic E-state index is 14.6. The minimum absolute atomic E-state index is 0.0397. The molecule has 36 heavy (non-hydrogen) atoms. The van der Waals surface area contributed by atoms with Crippen molar-refractivity contribution in [1.29, 1.82) is 5.26 Å². The molecule has 0 unspecified atom stereocenters. The molecule has 2 fully saturated rings. The maximum Gasteiger partial charge on any atom is 0.426 e. The summed E-state index contributed by atoms with van der Waals surface area (Å²) in [7, 11) is 0. The van der Waals surface area contributed by atoms with Gasteiger partial charge in [0.25, 0.3) is 0 Å². The van der Waals surface area contributed by atoms with Crippen molar-refractivity contribution in [3.05, 3.63) is 65.0 Å². The minimum Gasteiger partial charge on any atom is -0.429 e. The SMILES string of the molecule is CCCCCC1CCC(C2CCC(c3ccc(OC(F)(F)c4ccc(C#N)c(F)c4)cc3)CC2)CC1. The van der Waals surface area contributed by atoms with Gasteiger partial charge >= 0.3 is 6.11 Å². The van der Waals surface area contributed by atoms with E-state index in [4.69, 9.17) is 10.00 Å². The summed E-state index contributed by atoms with van der Waals surface area (Å²) in [4.78, 5) is 0. The Labute approximate surface area is 213 Å². The van der Waals surface area contributed by atoms with Gasteiger partial charge in [0.15, 0.2) is 0 Å². The van der Waals surface area contributed by atoms with Gasteiger partial charge in [0, 0.05) is 0 Å². The van der Waals surface area contributed by atoms with Gasteiger partial charge in [-0.05, 0) is 98.1 Å². The zero-order valence-corrected chi connectivity index (χ0v) is 21.3. The van der Waals surface area contributed by atoms with Crippen LogP contribution in [0.3, 0.4) is 0 Å². The number of benzene rings is 2. The molecule has 0 aromatic heterocycles. The summed E-state index contributed by atoms with van der Waals surface area (Å²) < 4.78 is 47.8. The minimum atomic E-state index is -3.69. The maximum absolute atomic E-state index is 14.6. The highest BCUT2D eigenvalue weighted by atomic mass is 19.3. The molecule has 0 saturated heterocycles. The quantitative estimate of drug-likeness (QED) is 0.323. The third-order valence-electron chi connectivity index (χ3n) is 8.57. The molecule has 0 spiro atoms. The normalized spacial score (nSPS) is 24.8. The van der Waals surface area contributed by atoms with Gasteiger partial charge in [0.2, 0.25) is 0 Å². The molecule has 0 heterocycles. The van der Waals surface area contributed by atoms with E-state index < -0.39 is 17.5 Å². The number of rotatable bonds is 9. The van der Waals surface area contributed by atoms with Gasteiger partial charge in [-0.2, -0.15) is 14.0 Å². The molecular weight excluding hydrogens is 459 g/mol. The molecule has 2 saturated carbocycles. The topological polar surface area (TPSA) is 33.0 Å². The van der Waals surface area contributed by atoms with E-state index in [1.165, 1.54) is 69.8 Å². The Morgan fingerprint density at radius 2 is 1.53 bits per heavy atom. The van der Waals surface area contributed by atoms with Crippen LogP contribution >= 0.6 is 0 Å². The summed E-state index contributed by atoms with van der Waals surface area (Å²) in [5.41, 5.74) is 0.285. The Morgan fingerprint density at radius 1 is 0.889 bits per heavy atom. The molecular formula is C31H38F3NO. The second-order valence-corrected chi connectivity index (χ2v) is 10.9. The molecule has 0 amide bonds. The standard InChI is InChI=1S/C31H38F3NO/c1-2-3-4-5-22-6-8-23(9-7-22)24-10-12-25(13-11-24)26-15-18-29(19-16-26)36-31(33,34)28-17-14-27(21-35)30(32)20-28/h14-20,22-25H,2-13H2,1H3. The molecule has 5 heteroatoms. The van der Waals surface area contributed by atoms with E-state index in [0.29, 0.717) is 12.0 Å². The third kappa shape index (κ3) is 6.64. The van der Waals surface area contributed by atoms with E-state index in [2.05, 4.69) is 6.92 Å². The van der Waals surface area contributed by atoms with Crippen LogP contribution in [0.2, 0.25) is 0 Å². The van der Waals surface area contributed by atoms with Gasteiger partial charge in [-0.1, -0.05) is 57.6 Å². The molecule has 4 rings (SSSR count). The number of nitriles is 1. The number of halogens is 3. The van der Waals surface area contributed by atoms with Crippen LogP contribution in [-0.4, -0.2) is 0 Å². The highest BCUT2D eigenvalue weighted by molar-refractivity contribution is 5.35. The van der Waals surface area contributed by atoms with Crippen LogP contribution in [0, 0.1) is 34.9 Å². The summed E-state index contributed by atoms with van der Waals surface area (Å²) >= 11 is 0. The number of hydrogen-bond donors (Lipinski definition) is 0. The fourth-order valence-corrected chi connectivity index (χ4v) is 6.36. The van der Waals surface area contributed by atoms with Crippen LogP contribution < -0.4 is 4.74 Å². The van der Waals surface area contributed by atoms with Crippen molar-refractivity contribution in [2.24, 2.45) is 17.8 Å². The summed E-state index contributed by atoms with van der Waals surface area (Å²) in [6, 6.07) is 11.3. The molecule has 2 aromatic rings. The Hall–Kier alpha value is -2.48. The van der Waals surface area contributed by atoms with Gasteiger partial charge in [0.1, 0.15) is 17.6 Å². The Bertz CT molecular complexity index is 1010. The number of alkyl halides is 2. The van der Waals surface area contributed by atoms with E-state index in [-0.39, 0.29) is 11.3 Å². The predicted molar refractivity (Wildman–Crippen MR) is 136 cm³/mol. The van der Waals surface area contributed by atoms with Crippen molar-refractivity contribution < 1.29 is 17.9 Å². The number of unbranched alkanes of at least 4 members (excludes halogenated alkanes) is 2. The van der Waals surface area contributed by atoms with Gasteiger partial charge in [-0.15, -0.1) is 0 Å². The number of hydrogen-bond acceptors (Lipinski definition) is 2. The van der Waals surface area contributed by atoms with Gasteiger partial charge in [-0.25, -0.2) is 4.39 Å². The van der Waals surface area contributed by atoms with Gasteiger partial charge < -0.3 is 4.74 Å². The summed E-state index contributed by atoms with van der Waals surface area (Å²) in [6.07, 6.45) is 12.3. The van der Waals surface area contributed by atoms with Crippen molar-refractivity contribution in [2.45, 2.75) is 96.0 Å². The molecule has 0 radical (unpaired) electrons. The van der Waals surface area contributed by atoms with Crippen LogP contribution in [0.4, 0.5) is 13.2 Å². The lowest BCUT2D eigenvalue weighted by Crippen LogP contribution is -2.25. The lowest BCUT2D eigenvalue weighted by molar-refractivity contribution is -0.185. The monoisotopic (exact) mass is 497 g/mol. The van der Waals surface area contributed by atoms with Gasteiger partial charge in [-0.3, -0.25) is 0 Å². The largest absolute Gasteiger partial charge is 0.429 e. The number of ether oxygens (including phenoxy) is 1. The molecule has 0 bridgehead atoms. The lowest BCUT2D eigenvalue weighted by Gasteiger charge is -2.38. The van der Waals surface area contributed by atoms with E-state index in [1.54, 1.807) is 18.2 Å². The smallest absolute Gasteiger partial charge is 0.426 e. The van der Waals surface area contributed by atoms with Crippen LogP contribution in [0.15, 0.2) is 42.5 Å². The fourth-order valence-electron chi connectivity index (χ4n) is 6.36. The molecule has 0 aliphatic heterocycles. The van der Waals surface area contributed by atoms with Crippen molar-refractivity contribution in [3.8, 4) is 11.8 Å². The molecule has 194 valence electrons. The first-order valence-corrected chi connectivity index (χ1v) is 13.8. The van der Waals surface area contributed by atoms with Gasteiger partial charge in [0.05, 0.1) is 11.1 Å². The van der Waals surface area contributed by atoms with Crippen LogP contribution in [0.25, 0.3) is 0 Å². The Balaban J connectivity index is 1.26. The second kappa shape index (κ2) is 12.2. The Kier molecular flexibility index (Phi) is 8.99. The van der Waals surface area contributed by atoms with E-state index in [9.17, 15) is 13.2 Å². The van der Waals surface area contributed by atoms with Crippen molar-refractivity contribution in [1.82, 2.24) is 0 Å². The first kappa shape index (κ1) is 26.6. The van der Waals surface area contributed by atoms with E-state index in [1.807, 2.05) is 12.1 Å². The van der Waals surface area contributed by atoms with Crippen molar-refractivity contribution in [3.63, 3.8) is 0 Å². The first-order valence-electron chi connectivity index (χ1n) is 13.8. The van der Waals surface area contributed by atoms with E-state index >= 15 is 0 Å². The molecule has 0 atom stereocenters. The van der Waals surface area contributed by atoms with Crippen LogP contribution in [0.5, 0.6) is 5.75 Å². The van der Waals surface area contributed by atoms with Crippen molar-refractivity contribution >= 4 is 0 Å². The summed E-state index contributed by atoms with van der Waals surface area (Å²) in [6.45, 7) is 2.27. The van der Waals surface area contributed by atoms with Crippen LogP contribution in [0.1, 0.15) is 107 Å². The lowest BCUT2D eigenvalue weighted by atomic mass is 9.68. The molecule has 2 aliphatic carbocycles. The Morgan fingerprint density at radius 3 is 2.11 bits per heavy atom. The highest BCUT2D eigenvalue weighted by Crippen LogP contribution is 2.45. The highest BCUT2D eigenvalue weighted by Gasteiger charge is 2.36. The molecule has 2 aliphatic rings. The molecule has 2 nitrogen and oxygen atoms in total. The van der Waals surface area contributed by atoms with E-state index in [0.717, 1.165) is 42.7 Å². The summed E-state index contributed by atoms with van der Waals surface area (Å²) in [5.74, 6) is 2.20. The predicted octanol–water partition coefficient (Wildman–Crippen LogP) is 9.49. The number of nitrogens with zero attached hydrogens (tertiary/aromatic N) is 1. The second-order valence-electron chi connectivity index (χ2n) is 10.9. The van der Waals surface area contributed by atoms with Crippen molar-refractivity contribution in [2.75, 3.05) is 0 Å². The first-order chi connectivity index (χ1) is 17.4. The average Bonchev–Trinajstić information content (AvgIpc) is 2.89. The third-order valence-corrected chi connectivity index (χ3v) is 8.57. The van der Waals surface area contributed by atoms with Crippen LogP contribution in [-0.2, 0) is 6.11 Å². The average molecular weight is 498 g/mol.